The van der Waals surface area contributed by atoms with Gasteiger partial charge in [0, 0.05) is 14.1 Å². The molecule has 1 saturated heterocycles. The highest BCUT2D eigenvalue weighted by Gasteiger charge is 2.37. The van der Waals surface area contributed by atoms with E-state index in [1.807, 2.05) is 13.8 Å². The van der Waals surface area contributed by atoms with Gasteiger partial charge in [-0.25, -0.2) is 4.79 Å². The first-order chi connectivity index (χ1) is 12.3. The van der Waals surface area contributed by atoms with Gasteiger partial charge in [0.15, 0.2) is 11.5 Å². The molecule has 2 rings (SSSR count). The molecule has 1 aliphatic heterocycles. The number of halogens is 1. The van der Waals surface area contributed by atoms with E-state index in [4.69, 9.17) is 9.47 Å². The Bertz CT molecular complexity index is 749. The van der Waals surface area contributed by atoms with Crippen LogP contribution in [-0.2, 0) is 9.59 Å². The number of imide groups is 2. The van der Waals surface area contributed by atoms with Crippen LogP contribution < -0.4 is 9.47 Å². The van der Waals surface area contributed by atoms with Gasteiger partial charge < -0.3 is 9.47 Å². The second kappa shape index (κ2) is 8.35. The van der Waals surface area contributed by atoms with Gasteiger partial charge in [-0.3, -0.25) is 19.4 Å². The summed E-state index contributed by atoms with van der Waals surface area (Å²) in [4.78, 5) is 38.3. The number of likely N-dealkylation sites (N-methyl/N-ethyl adjacent to an activating group) is 2. The molecular formula is C18H21BrN2O5. The number of rotatable bonds is 6. The van der Waals surface area contributed by atoms with Crippen LogP contribution in [0.5, 0.6) is 11.5 Å². The Balaban J connectivity index is 2.47. The summed E-state index contributed by atoms with van der Waals surface area (Å²) in [6.45, 7) is 4.83. The van der Waals surface area contributed by atoms with Gasteiger partial charge in [0.1, 0.15) is 5.57 Å². The monoisotopic (exact) mass is 424 g/mol. The van der Waals surface area contributed by atoms with Crippen LogP contribution in [0, 0.1) is 0 Å². The molecule has 0 N–H and O–H groups in total. The van der Waals surface area contributed by atoms with Crippen molar-refractivity contribution >= 4 is 39.9 Å². The molecule has 0 unspecified atom stereocenters. The van der Waals surface area contributed by atoms with E-state index < -0.39 is 17.8 Å². The third-order valence-corrected chi connectivity index (χ3v) is 4.33. The maximum absolute atomic E-state index is 12.3. The summed E-state index contributed by atoms with van der Waals surface area (Å²) < 4.78 is 12.0. The normalized spacial score (nSPS) is 14.8. The number of carbonyl (C=O) groups excluding carboxylic acids is 3. The third-order valence-electron chi connectivity index (χ3n) is 3.74. The van der Waals surface area contributed by atoms with E-state index in [0.717, 1.165) is 16.2 Å². The van der Waals surface area contributed by atoms with E-state index in [9.17, 15) is 14.4 Å². The van der Waals surface area contributed by atoms with Gasteiger partial charge in [-0.1, -0.05) is 6.92 Å². The number of benzene rings is 1. The number of ether oxygens (including phenoxy) is 2. The lowest BCUT2D eigenvalue weighted by Gasteiger charge is -2.28. The van der Waals surface area contributed by atoms with Crippen LogP contribution in [0.25, 0.3) is 6.08 Å². The molecule has 0 spiro atoms. The highest BCUT2D eigenvalue weighted by molar-refractivity contribution is 9.10. The van der Waals surface area contributed by atoms with Crippen LogP contribution in [0.15, 0.2) is 22.2 Å². The quantitative estimate of drug-likeness (QED) is 0.517. The summed E-state index contributed by atoms with van der Waals surface area (Å²) in [5.74, 6) is -0.200. The first-order valence-corrected chi connectivity index (χ1v) is 9.02. The molecule has 1 aliphatic rings. The van der Waals surface area contributed by atoms with E-state index in [-0.39, 0.29) is 5.57 Å². The Morgan fingerprint density at radius 2 is 1.65 bits per heavy atom. The molecule has 0 atom stereocenters. The van der Waals surface area contributed by atoms with Crippen molar-refractivity contribution in [2.45, 2.75) is 20.3 Å². The van der Waals surface area contributed by atoms with Gasteiger partial charge in [-0.2, -0.15) is 0 Å². The standard InChI is InChI=1S/C18H21BrN2O5/c1-5-7-26-15-13(19)9-11(10-14(15)25-6-2)8-12-16(22)20(3)18(24)21(4)17(12)23/h8-10H,5-7H2,1-4H3. The fraction of sp³-hybridized carbons (Fsp3) is 0.389. The van der Waals surface area contributed by atoms with Crippen LogP contribution in [0.1, 0.15) is 25.8 Å². The highest BCUT2D eigenvalue weighted by atomic mass is 79.9. The fourth-order valence-electron chi connectivity index (χ4n) is 2.42. The first kappa shape index (κ1) is 20.0. The summed E-state index contributed by atoms with van der Waals surface area (Å²) in [7, 11) is 2.68. The molecule has 0 aliphatic carbocycles. The maximum Gasteiger partial charge on any atom is 0.333 e. The van der Waals surface area contributed by atoms with Crippen LogP contribution in [0.2, 0.25) is 0 Å². The molecule has 0 saturated carbocycles. The number of urea groups is 1. The lowest BCUT2D eigenvalue weighted by atomic mass is 10.1. The summed E-state index contributed by atoms with van der Waals surface area (Å²) in [5.41, 5.74) is 0.489. The number of hydrogen-bond donors (Lipinski definition) is 0. The van der Waals surface area contributed by atoms with Gasteiger partial charge in [0.05, 0.1) is 17.7 Å². The second-order valence-electron chi connectivity index (χ2n) is 5.68. The fourth-order valence-corrected chi connectivity index (χ4v) is 2.99. The van der Waals surface area contributed by atoms with Crippen molar-refractivity contribution in [1.82, 2.24) is 9.80 Å². The second-order valence-corrected chi connectivity index (χ2v) is 6.53. The predicted molar refractivity (Wildman–Crippen MR) is 100 cm³/mol. The van der Waals surface area contributed by atoms with Crippen molar-refractivity contribution in [2.24, 2.45) is 0 Å². The maximum atomic E-state index is 12.3. The van der Waals surface area contributed by atoms with E-state index in [1.165, 1.54) is 20.2 Å². The number of carbonyl (C=O) groups is 3. The zero-order valence-corrected chi connectivity index (χ0v) is 16.8. The van der Waals surface area contributed by atoms with Crippen LogP contribution in [0.4, 0.5) is 4.79 Å². The molecular weight excluding hydrogens is 404 g/mol. The van der Waals surface area contributed by atoms with Crippen LogP contribution in [-0.4, -0.2) is 55.0 Å². The van der Waals surface area contributed by atoms with E-state index >= 15 is 0 Å². The van der Waals surface area contributed by atoms with Crippen molar-refractivity contribution in [3.63, 3.8) is 0 Å². The van der Waals surface area contributed by atoms with Gasteiger partial charge in [-0.15, -0.1) is 0 Å². The van der Waals surface area contributed by atoms with Gasteiger partial charge >= 0.3 is 6.03 Å². The minimum absolute atomic E-state index is 0.0915. The molecule has 140 valence electrons. The minimum Gasteiger partial charge on any atom is -0.490 e. The molecule has 8 heteroatoms. The van der Waals surface area contributed by atoms with Crippen molar-refractivity contribution in [1.29, 1.82) is 0 Å². The molecule has 0 bridgehead atoms. The highest BCUT2D eigenvalue weighted by Crippen LogP contribution is 2.38. The molecule has 4 amide bonds. The number of hydrogen-bond acceptors (Lipinski definition) is 5. The topological polar surface area (TPSA) is 76.2 Å². The molecule has 1 aromatic carbocycles. The van der Waals surface area contributed by atoms with Crippen LogP contribution in [0.3, 0.4) is 0 Å². The molecule has 0 aromatic heterocycles. The lowest BCUT2D eigenvalue weighted by Crippen LogP contribution is -2.52. The Hall–Kier alpha value is -2.35. The molecule has 1 heterocycles. The molecule has 1 fully saturated rings. The zero-order chi connectivity index (χ0) is 19.4. The zero-order valence-electron chi connectivity index (χ0n) is 15.2. The first-order valence-electron chi connectivity index (χ1n) is 8.22. The number of amides is 4. The van der Waals surface area contributed by atoms with Crippen molar-refractivity contribution in [3.05, 3.63) is 27.7 Å². The minimum atomic E-state index is -0.656. The van der Waals surface area contributed by atoms with Crippen molar-refractivity contribution in [2.75, 3.05) is 27.3 Å². The molecule has 26 heavy (non-hydrogen) atoms. The van der Waals surface area contributed by atoms with E-state index in [0.29, 0.717) is 34.7 Å². The Labute approximate surface area is 160 Å². The number of nitrogens with zero attached hydrogens (tertiary/aromatic N) is 2. The van der Waals surface area contributed by atoms with E-state index in [1.54, 1.807) is 12.1 Å². The predicted octanol–water partition coefficient (Wildman–Crippen LogP) is 3.07. The summed E-state index contributed by atoms with van der Waals surface area (Å²) >= 11 is 3.45. The van der Waals surface area contributed by atoms with Crippen molar-refractivity contribution in [3.8, 4) is 11.5 Å². The largest absolute Gasteiger partial charge is 0.490 e. The smallest absolute Gasteiger partial charge is 0.333 e. The number of barbiturate groups is 1. The van der Waals surface area contributed by atoms with Gasteiger partial charge in [0.2, 0.25) is 0 Å². The Kier molecular flexibility index (Phi) is 6.42. The van der Waals surface area contributed by atoms with Gasteiger partial charge in [-0.05, 0) is 53.0 Å². The SMILES string of the molecule is CCCOc1c(Br)cc(C=C2C(=O)N(C)C(=O)N(C)C2=O)cc1OCC. The Morgan fingerprint density at radius 1 is 1.04 bits per heavy atom. The molecule has 1 aromatic rings. The van der Waals surface area contributed by atoms with E-state index in [2.05, 4.69) is 15.9 Å². The Morgan fingerprint density at radius 3 is 2.19 bits per heavy atom. The summed E-state index contributed by atoms with van der Waals surface area (Å²) in [6, 6.07) is 2.78. The van der Waals surface area contributed by atoms with Crippen molar-refractivity contribution < 1.29 is 23.9 Å². The average Bonchev–Trinajstić information content (AvgIpc) is 2.61. The molecule has 7 nitrogen and oxygen atoms in total. The molecule has 0 radical (unpaired) electrons. The lowest BCUT2D eigenvalue weighted by molar-refractivity contribution is -0.134. The van der Waals surface area contributed by atoms with Gasteiger partial charge in [0.25, 0.3) is 11.8 Å². The summed E-state index contributed by atoms with van der Waals surface area (Å²) in [6.07, 6.45) is 2.29. The third kappa shape index (κ3) is 3.90. The summed E-state index contributed by atoms with van der Waals surface area (Å²) in [5, 5.41) is 0. The van der Waals surface area contributed by atoms with Crippen LogP contribution >= 0.6 is 15.9 Å². The average molecular weight is 425 g/mol.